The lowest BCUT2D eigenvalue weighted by molar-refractivity contribution is 0.0600. The van der Waals surface area contributed by atoms with E-state index in [0.717, 1.165) is 16.5 Å². The van der Waals surface area contributed by atoms with E-state index >= 15 is 0 Å². The van der Waals surface area contributed by atoms with Crippen molar-refractivity contribution in [2.45, 2.75) is 11.4 Å². The number of fused-ring (bicyclic) bond motifs is 1. The van der Waals surface area contributed by atoms with Crippen molar-refractivity contribution in [2.24, 2.45) is 7.05 Å². The molecular weight excluding hydrogens is 378 g/mol. The number of rotatable bonds is 5. The van der Waals surface area contributed by atoms with Crippen molar-refractivity contribution >= 4 is 38.5 Å². The molecule has 0 aliphatic rings. The predicted octanol–water partition coefficient (Wildman–Crippen LogP) is 2.49. The number of benzene rings is 2. The number of hydrogen-bond acceptors (Lipinski definition) is 5. The minimum absolute atomic E-state index is 0.0527. The molecule has 0 atom stereocenters. The van der Waals surface area contributed by atoms with Crippen molar-refractivity contribution in [1.29, 1.82) is 0 Å². The molecule has 0 spiro atoms. The highest BCUT2D eigenvalue weighted by Crippen LogP contribution is 2.23. The summed E-state index contributed by atoms with van der Waals surface area (Å²) in [6, 6.07) is 9.48. The topological polar surface area (TPSA) is 90.3 Å². The number of hydrogen-bond donors (Lipinski definition) is 1. The molecule has 0 unspecified atom stereocenters. The molecule has 0 saturated heterocycles. The van der Waals surface area contributed by atoms with E-state index in [1.54, 1.807) is 10.9 Å². The van der Waals surface area contributed by atoms with Crippen LogP contribution in [0.3, 0.4) is 0 Å². The van der Waals surface area contributed by atoms with Gasteiger partial charge in [0, 0.05) is 19.0 Å². The number of carbonyl (C=O) groups excluding carboxylic acids is 1. The van der Waals surface area contributed by atoms with E-state index in [2.05, 4.69) is 14.6 Å². The normalized spacial score (nSPS) is 11.7. The van der Waals surface area contributed by atoms with Gasteiger partial charge in [-0.15, -0.1) is 0 Å². The molecule has 26 heavy (non-hydrogen) atoms. The highest BCUT2D eigenvalue weighted by Gasteiger charge is 2.19. The molecular formula is C17H16ClN3O4S. The van der Waals surface area contributed by atoms with Crippen molar-refractivity contribution in [3.8, 4) is 0 Å². The molecule has 0 aliphatic heterocycles. The third kappa shape index (κ3) is 3.57. The van der Waals surface area contributed by atoms with E-state index < -0.39 is 16.0 Å². The van der Waals surface area contributed by atoms with E-state index in [1.807, 2.05) is 25.2 Å². The van der Waals surface area contributed by atoms with Gasteiger partial charge >= 0.3 is 5.97 Å². The summed E-state index contributed by atoms with van der Waals surface area (Å²) < 4.78 is 33.9. The van der Waals surface area contributed by atoms with Crippen molar-refractivity contribution in [3.05, 3.63) is 58.7 Å². The van der Waals surface area contributed by atoms with E-state index in [0.29, 0.717) is 0 Å². The van der Waals surface area contributed by atoms with Crippen molar-refractivity contribution in [3.63, 3.8) is 0 Å². The Morgan fingerprint density at radius 2 is 2.04 bits per heavy atom. The number of ether oxygens (including phenoxy) is 1. The molecule has 0 amide bonds. The Morgan fingerprint density at radius 1 is 1.27 bits per heavy atom. The van der Waals surface area contributed by atoms with Crippen LogP contribution in [-0.2, 0) is 28.4 Å². The molecule has 9 heteroatoms. The lowest BCUT2D eigenvalue weighted by atomic mass is 10.2. The van der Waals surface area contributed by atoms with Gasteiger partial charge in [0.25, 0.3) is 0 Å². The van der Waals surface area contributed by atoms with Crippen molar-refractivity contribution in [2.75, 3.05) is 7.11 Å². The van der Waals surface area contributed by atoms with Crippen molar-refractivity contribution in [1.82, 2.24) is 14.5 Å². The molecule has 0 fully saturated rings. The molecule has 1 aromatic heterocycles. The first kappa shape index (κ1) is 18.4. The minimum atomic E-state index is -3.84. The Labute approximate surface area is 155 Å². The van der Waals surface area contributed by atoms with Gasteiger partial charge in [-0.05, 0) is 35.9 Å². The largest absolute Gasteiger partial charge is 0.465 e. The number of sulfonamides is 1. The number of nitrogens with one attached hydrogen (secondary N) is 1. The zero-order valence-corrected chi connectivity index (χ0v) is 15.6. The minimum Gasteiger partial charge on any atom is -0.465 e. The third-order valence-corrected chi connectivity index (χ3v) is 5.80. The van der Waals surface area contributed by atoms with Gasteiger partial charge in [-0.1, -0.05) is 17.7 Å². The number of halogens is 1. The van der Waals surface area contributed by atoms with Crippen molar-refractivity contribution < 1.29 is 17.9 Å². The summed E-state index contributed by atoms with van der Waals surface area (Å²) in [6.07, 6.45) is 1.72. The fraction of sp³-hybridized carbons (Fsp3) is 0.176. The van der Waals surface area contributed by atoms with Crippen LogP contribution in [0.2, 0.25) is 5.02 Å². The zero-order chi connectivity index (χ0) is 18.9. The quantitative estimate of drug-likeness (QED) is 0.672. The van der Waals surface area contributed by atoms with Gasteiger partial charge in [-0.3, -0.25) is 4.68 Å². The van der Waals surface area contributed by atoms with Crippen LogP contribution in [-0.4, -0.2) is 31.3 Å². The maximum Gasteiger partial charge on any atom is 0.337 e. The van der Waals surface area contributed by atoms with Gasteiger partial charge in [0.05, 0.1) is 29.4 Å². The maximum atomic E-state index is 12.5. The fourth-order valence-electron chi connectivity index (χ4n) is 2.54. The standard InChI is InChI=1S/C17H16ClN3O4S/c1-21-15-5-3-11(7-13(15)10-19-21)9-20-26(23,24)16-6-4-12(8-14(16)18)17(22)25-2/h3-8,10,20H,9H2,1-2H3. The summed E-state index contributed by atoms with van der Waals surface area (Å²) in [4.78, 5) is 11.4. The Morgan fingerprint density at radius 3 is 2.73 bits per heavy atom. The molecule has 136 valence electrons. The number of aromatic nitrogens is 2. The Balaban J connectivity index is 1.80. The van der Waals surface area contributed by atoms with E-state index in [-0.39, 0.29) is 22.0 Å². The van der Waals surface area contributed by atoms with Crippen LogP contribution in [0.15, 0.2) is 47.5 Å². The Bertz CT molecular complexity index is 1090. The average molecular weight is 394 g/mol. The number of methoxy groups -OCH3 is 1. The third-order valence-electron chi connectivity index (χ3n) is 3.92. The summed E-state index contributed by atoms with van der Waals surface area (Å²) in [5, 5.41) is 5.03. The summed E-state index contributed by atoms with van der Waals surface area (Å²) in [7, 11) is -0.766. The number of aryl methyl sites for hydroxylation is 1. The molecule has 0 radical (unpaired) electrons. The second-order valence-electron chi connectivity index (χ2n) is 5.62. The first-order valence-electron chi connectivity index (χ1n) is 7.60. The molecule has 0 bridgehead atoms. The first-order chi connectivity index (χ1) is 12.3. The van der Waals surface area contributed by atoms with E-state index in [1.165, 1.54) is 25.3 Å². The molecule has 3 rings (SSSR count). The highest BCUT2D eigenvalue weighted by atomic mass is 35.5. The summed E-state index contributed by atoms with van der Waals surface area (Å²) in [5.74, 6) is -0.589. The molecule has 7 nitrogen and oxygen atoms in total. The van der Waals surface area contributed by atoms with Gasteiger partial charge in [0.1, 0.15) is 4.90 Å². The monoisotopic (exact) mass is 393 g/mol. The van der Waals surface area contributed by atoms with Crippen LogP contribution >= 0.6 is 11.6 Å². The second kappa shape index (κ2) is 7.06. The number of esters is 1. The van der Waals surface area contributed by atoms with Crippen LogP contribution in [0.5, 0.6) is 0 Å². The summed E-state index contributed by atoms with van der Waals surface area (Å²) in [6.45, 7) is 0.0995. The van der Waals surface area contributed by atoms with E-state index in [9.17, 15) is 13.2 Å². The van der Waals surface area contributed by atoms with Crippen LogP contribution < -0.4 is 4.72 Å². The highest BCUT2D eigenvalue weighted by molar-refractivity contribution is 7.89. The lowest BCUT2D eigenvalue weighted by Gasteiger charge is -2.10. The number of carbonyl (C=O) groups is 1. The van der Waals surface area contributed by atoms with Crippen LogP contribution in [0.25, 0.3) is 10.9 Å². The average Bonchev–Trinajstić information content (AvgIpc) is 2.99. The second-order valence-corrected chi connectivity index (χ2v) is 7.77. The first-order valence-corrected chi connectivity index (χ1v) is 9.46. The lowest BCUT2D eigenvalue weighted by Crippen LogP contribution is -2.23. The van der Waals surface area contributed by atoms with Crippen LogP contribution in [0.1, 0.15) is 15.9 Å². The molecule has 3 aromatic rings. The predicted molar refractivity (Wildman–Crippen MR) is 97.5 cm³/mol. The van der Waals surface area contributed by atoms with Gasteiger partial charge in [-0.25, -0.2) is 17.9 Å². The molecule has 2 aromatic carbocycles. The Hall–Kier alpha value is -2.42. The number of nitrogens with zero attached hydrogens (tertiary/aromatic N) is 2. The summed E-state index contributed by atoms with van der Waals surface area (Å²) >= 11 is 6.04. The molecule has 1 N–H and O–H groups in total. The van der Waals surface area contributed by atoms with Gasteiger partial charge in [-0.2, -0.15) is 5.10 Å². The SMILES string of the molecule is COC(=O)c1ccc(S(=O)(=O)NCc2ccc3c(cnn3C)c2)c(Cl)c1. The van der Waals surface area contributed by atoms with E-state index in [4.69, 9.17) is 11.6 Å². The van der Waals surface area contributed by atoms with Gasteiger partial charge in [0.15, 0.2) is 0 Å². The van der Waals surface area contributed by atoms with Crippen LogP contribution in [0, 0.1) is 0 Å². The zero-order valence-electron chi connectivity index (χ0n) is 14.1. The van der Waals surface area contributed by atoms with Crippen LogP contribution in [0.4, 0.5) is 0 Å². The molecule has 0 saturated carbocycles. The fourth-order valence-corrected chi connectivity index (χ4v) is 4.10. The molecule has 0 aliphatic carbocycles. The Kier molecular flexibility index (Phi) is 4.99. The summed E-state index contributed by atoms with van der Waals surface area (Å²) in [5.41, 5.74) is 1.92. The molecule has 1 heterocycles. The van der Waals surface area contributed by atoms with Gasteiger partial charge < -0.3 is 4.74 Å². The maximum absolute atomic E-state index is 12.5. The van der Waals surface area contributed by atoms with Gasteiger partial charge in [0.2, 0.25) is 10.0 Å². The smallest absolute Gasteiger partial charge is 0.337 e.